The van der Waals surface area contributed by atoms with Gasteiger partial charge in [0.15, 0.2) is 0 Å². The highest BCUT2D eigenvalue weighted by molar-refractivity contribution is 5.14. The summed E-state index contributed by atoms with van der Waals surface area (Å²) in [6.45, 7) is 11.4. The molecule has 4 heteroatoms. The molecule has 1 aromatic rings. The molecule has 8 atom stereocenters. The highest BCUT2D eigenvalue weighted by atomic mass is 16.3. The molecule has 0 aliphatic heterocycles. The Morgan fingerprint density at radius 3 is 2.32 bits per heavy atom. The molecular weight excluding hydrogens is 458 g/mol. The van der Waals surface area contributed by atoms with Crippen LogP contribution < -0.4 is 0 Å². The predicted molar refractivity (Wildman–Crippen MR) is 152 cm³/mol. The minimum atomic E-state index is -0.304. The van der Waals surface area contributed by atoms with Crippen molar-refractivity contribution in [3.63, 3.8) is 0 Å². The normalized spacial score (nSPS) is 39.9. The van der Waals surface area contributed by atoms with Crippen LogP contribution in [-0.2, 0) is 6.54 Å². The molecule has 4 rings (SSSR count). The average Bonchev–Trinajstić information content (AvgIpc) is 3.24. The number of aliphatic hydroxyl groups excluding tert-OH is 3. The number of nitrogens with zero attached hydrogens (tertiary/aromatic N) is 1. The van der Waals surface area contributed by atoms with Gasteiger partial charge in [-0.05, 0) is 124 Å². The minimum absolute atomic E-state index is 0.107. The van der Waals surface area contributed by atoms with Crippen LogP contribution in [0.2, 0.25) is 0 Å². The van der Waals surface area contributed by atoms with Crippen molar-refractivity contribution < 1.29 is 15.3 Å². The maximum absolute atomic E-state index is 11.8. The lowest BCUT2D eigenvalue weighted by molar-refractivity contribution is -0.166. The Labute approximate surface area is 226 Å². The van der Waals surface area contributed by atoms with Crippen molar-refractivity contribution in [1.29, 1.82) is 0 Å². The van der Waals surface area contributed by atoms with E-state index in [0.717, 1.165) is 58.0 Å². The van der Waals surface area contributed by atoms with Gasteiger partial charge >= 0.3 is 0 Å². The third-order valence-corrected chi connectivity index (χ3v) is 11.5. The number of aliphatic hydroxyl groups is 3. The van der Waals surface area contributed by atoms with Crippen molar-refractivity contribution in [2.75, 3.05) is 13.6 Å². The molecule has 0 heterocycles. The van der Waals surface area contributed by atoms with Crippen LogP contribution in [0.4, 0.5) is 0 Å². The highest BCUT2D eigenvalue weighted by Gasteiger charge is 2.62. The third kappa shape index (κ3) is 5.98. The van der Waals surface area contributed by atoms with Gasteiger partial charge in [-0.2, -0.15) is 0 Å². The second-order valence-corrected chi connectivity index (χ2v) is 13.8. The minimum Gasteiger partial charge on any atom is -0.393 e. The molecule has 4 nitrogen and oxygen atoms in total. The molecule has 0 spiro atoms. The van der Waals surface area contributed by atoms with E-state index < -0.39 is 0 Å². The van der Waals surface area contributed by atoms with Crippen molar-refractivity contribution in [3.8, 4) is 0 Å². The lowest BCUT2D eigenvalue weighted by Gasteiger charge is -2.58. The van der Waals surface area contributed by atoms with E-state index in [-0.39, 0.29) is 35.1 Å². The van der Waals surface area contributed by atoms with E-state index in [1.807, 2.05) is 0 Å². The van der Waals surface area contributed by atoms with Crippen LogP contribution in [0.15, 0.2) is 30.3 Å². The van der Waals surface area contributed by atoms with Gasteiger partial charge in [-0.15, -0.1) is 0 Å². The first-order valence-electron chi connectivity index (χ1n) is 15.4. The largest absolute Gasteiger partial charge is 0.393 e. The third-order valence-electron chi connectivity index (χ3n) is 11.5. The first-order chi connectivity index (χ1) is 17.6. The molecule has 2 unspecified atom stereocenters. The Hall–Kier alpha value is -0.940. The summed E-state index contributed by atoms with van der Waals surface area (Å²) in [5.41, 5.74) is 1.36. The van der Waals surface area contributed by atoms with Crippen molar-refractivity contribution in [2.24, 2.45) is 40.4 Å². The van der Waals surface area contributed by atoms with Gasteiger partial charge in [0, 0.05) is 6.54 Å². The lowest BCUT2D eigenvalue weighted by atomic mass is 9.48. The topological polar surface area (TPSA) is 63.9 Å². The quantitative estimate of drug-likeness (QED) is 0.345. The van der Waals surface area contributed by atoms with Crippen LogP contribution in [0.5, 0.6) is 0 Å². The summed E-state index contributed by atoms with van der Waals surface area (Å²) in [6, 6.07) is 10.7. The van der Waals surface area contributed by atoms with E-state index >= 15 is 0 Å². The zero-order valence-corrected chi connectivity index (χ0v) is 24.3. The first kappa shape index (κ1) is 29.1. The maximum atomic E-state index is 11.8. The summed E-state index contributed by atoms with van der Waals surface area (Å²) in [7, 11) is 2.22. The number of rotatable bonds is 10. The Bertz CT molecular complexity index is 837. The van der Waals surface area contributed by atoms with Crippen molar-refractivity contribution >= 4 is 0 Å². The fraction of sp³-hybridized carbons (Fsp3) is 0.818. The first-order valence-corrected chi connectivity index (χ1v) is 15.4. The van der Waals surface area contributed by atoms with E-state index in [1.165, 1.54) is 24.8 Å². The molecule has 3 saturated carbocycles. The Balaban J connectivity index is 1.43. The van der Waals surface area contributed by atoms with Gasteiger partial charge in [-0.25, -0.2) is 0 Å². The summed E-state index contributed by atoms with van der Waals surface area (Å²) in [5, 5.41) is 33.4. The Kier molecular flexibility index (Phi) is 9.47. The van der Waals surface area contributed by atoms with Crippen LogP contribution in [0.3, 0.4) is 0 Å². The van der Waals surface area contributed by atoms with Gasteiger partial charge < -0.3 is 20.2 Å². The van der Waals surface area contributed by atoms with E-state index in [9.17, 15) is 15.3 Å². The molecule has 0 amide bonds. The number of hydrogen-bond acceptors (Lipinski definition) is 4. The van der Waals surface area contributed by atoms with Crippen LogP contribution >= 0.6 is 0 Å². The van der Waals surface area contributed by atoms with Gasteiger partial charge in [0.1, 0.15) is 0 Å². The van der Waals surface area contributed by atoms with Gasteiger partial charge in [0.2, 0.25) is 0 Å². The molecule has 0 aromatic heterocycles. The van der Waals surface area contributed by atoms with Gasteiger partial charge in [-0.1, -0.05) is 58.0 Å². The summed E-state index contributed by atoms with van der Waals surface area (Å²) >= 11 is 0. The Morgan fingerprint density at radius 1 is 1.00 bits per heavy atom. The molecule has 3 fully saturated rings. The van der Waals surface area contributed by atoms with Crippen LogP contribution in [0.25, 0.3) is 0 Å². The maximum Gasteiger partial charge on any atom is 0.0602 e. The molecular formula is C33H55NO3. The summed E-state index contributed by atoms with van der Waals surface area (Å²) in [5.74, 6) is 2.07. The summed E-state index contributed by atoms with van der Waals surface area (Å²) < 4.78 is 0. The molecule has 3 aliphatic rings. The fourth-order valence-corrected chi connectivity index (χ4v) is 9.24. The second kappa shape index (κ2) is 12.1. The van der Waals surface area contributed by atoms with E-state index in [2.05, 4.69) is 70.0 Å². The number of fused-ring (bicyclic) bond motifs is 1. The SMILES string of the molecule is CC[C@@H](O)C1[C@@H]2CC[C@H](C(C)CCCN(C)Cc3ccccc3)[C@@]2(C)[C@@H](O)C[C@@H]1[C@]1(C)CC[C@H](O)CC1. The fourth-order valence-electron chi connectivity index (χ4n) is 9.24. The van der Waals surface area contributed by atoms with E-state index in [4.69, 9.17) is 0 Å². The van der Waals surface area contributed by atoms with E-state index in [1.54, 1.807) is 0 Å². The molecule has 1 aromatic carbocycles. The molecule has 210 valence electrons. The van der Waals surface area contributed by atoms with Crippen LogP contribution in [0.1, 0.15) is 97.5 Å². The number of benzene rings is 1. The smallest absolute Gasteiger partial charge is 0.0602 e. The van der Waals surface area contributed by atoms with Crippen LogP contribution in [0, 0.1) is 40.4 Å². The average molecular weight is 514 g/mol. The van der Waals surface area contributed by atoms with Gasteiger partial charge in [-0.3, -0.25) is 0 Å². The molecule has 0 radical (unpaired) electrons. The highest BCUT2D eigenvalue weighted by Crippen LogP contribution is 2.65. The molecule has 3 aliphatic carbocycles. The monoisotopic (exact) mass is 513 g/mol. The predicted octanol–water partition coefficient (Wildman–Crippen LogP) is 6.28. The second-order valence-electron chi connectivity index (χ2n) is 13.8. The number of hydrogen-bond donors (Lipinski definition) is 3. The van der Waals surface area contributed by atoms with Crippen LogP contribution in [-0.4, -0.2) is 52.1 Å². The molecule has 0 bridgehead atoms. The zero-order valence-electron chi connectivity index (χ0n) is 24.3. The van der Waals surface area contributed by atoms with Gasteiger partial charge in [0.25, 0.3) is 0 Å². The van der Waals surface area contributed by atoms with Crippen molar-refractivity contribution in [2.45, 2.75) is 117 Å². The molecule has 0 saturated heterocycles. The molecule has 37 heavy (non-hydrogen) atoms. The molecule has 3 N–H and O–H groups in total. The Morgan fingerprint density at radius 2 is 1.68 bits per heavy atom. The lowest BCUT2D eigenvalue weighted by Crippen LogP contribution is -2.57. The van der Waals surface area contributed by atoms with Gasteiger partial charge in [0.05, 0.1) is 18.3 Å². The summed E-state index contributed by atoms with van der Waals surface area (Å²) in [6.07, 6.45) is 9.24. The standard InChI is InChI=1S/C33H55NO3/c1-6-29(36)31-27-15-14-26(23(2)11-10-20-34(5)22-24-12-8-7-9-13-24)33(27,4)30(37)21-28(31)32(3)18-16-25(35)17-19-32/h7-9,12-13,23,25-31,35-37H,6,10-11,14-22H2,1-5H3/t23?,25-,26-,27+,28+,29-,30+,31?,32+,33-/m1/s1. The summed E-state index contributed by atoms with van der Waals surface area (Å²) in [4.78, 5) is 2.43. The van der Waals surface area contributed by atoms with E-state index in [0.29, 0.717) is 23.7 Å². The van der Waals surface area contributed by atoms with Crippen molar-refractivity contribution in [1.82, 2.24) is 4.90 Å². The zero-order chi connectivity index (χ0) is 26.8. The van der Waals surface area contributed by atoms with Crippen molar-refractivity contribution in [3.05, 3.63) is 35.9 Å².